The number of sulfonamides is 1. The van der Waals surface area contributed by atoms with Gasteiger partial charge in [0.05, 0.1) is 23.2 Å². The van der Waals surface area contributed by atoms with E-state index in [0.717, 1.165) is 49.9 Å². The van der Waals surface area contributed by atoms with Crippen molar-refractivity contribution < 1.29 is 8.42 Å². The predicted molar refractivity (Wildman–Crippen MR) is 145 cm³/mol. The molecule has 2 aromatic heterocycles. The SMILES string of the molecule is O=S(=O)(CCc1cccc2ccccc12)N1CCc2c(ccnc2Nc2cnc3ccccc3c2)C1. The normalized spacial score (nSPS) is 14.1. The van der Waals surface area contributed by atoms with Crippen molar-refractivity contribution in [3.63, 3.8) is 0 Å². The summed E-state index contributed by atoms with van der Waals surface area (Å²) in [6.45, 7) is 0.807. The number of nitrogens with one attached hydrogen (secondary N) is 1. The Balaban J connectivity index is 1.19. The number of anilines is 2. The maximum atomic E-state index is 13.3. The van der Waals surface area contributed by atoms with E-state index >= 15 is 0 Å². The predicted octanol–water partition coefficient (Wildman–Crippen LogP) is 5.46. The molecule has 1 N–H and O–H groups in total. The van der Waals surface area contributed by atoms with Crippen molar-refractivity contribution in [3.05, 3.63) is 108 Å². The van der Waals surface area contributed by atoms with Gasteiger partial charge in [-0.05, 0) is 52.9 Å². The summed E-state index contributed by atoms with van der Waals surface area (Å²) in [5.41, 5.74) is 4.91. The van der Waals surface area contributed by atoms with Gasteiger partial charge in [-0.15, -0.1) is 0 Å². The lowest BCUT2D eigenvalue weighted by molar-refractivity contribution is 0.391. The van der Waals surface area contributed by atoms with Gasteiger partial charge in [0.1, 0.15) is 5.82 Å². The zero-order chi connectivity index (χ0) is 24.5. The molecule has 36 heavy (non-hydrogen) atoms. The lowest BCUT2D eigenvalue weighted by Crippen LogP contribution is -2.38. The van der Waals surface area contributed by atoms with Crippen LogP contribution in [0.3, 0.4) is 0 Å². The Morgan fingerprint density at radius 2 is 1.69 bits per heavy atom. The highest BCUT2D eigenvalue weighted by atomic mass is 32.2. The van der Waals surface area contributed by atoms with Crippen molar-refractivity contribution in [2.75, 3.05) is 17.6 Å². The minimum atomic E-state index is -3.41. The summed E-state index contributed by atoms with van der Waals surface area (Å²) in [7, 11) is -3.41. The van der Waals surface area contributed by atoms with Crippen LogP contribution in [0.1, 0.15) is 16.7 Å². The van der Waals surface area contributed by atoms with Crippen molar-refractivity contribution in [3.8, 4) is 0 Å². The fourth-order valence-electron chi connectivity index (χ4n) is 4.96. The molecule has 6 rings (SSSR count). The van der Waals surface area contributed by atoms with Crippen LogP contribution < -0.4 is 5.32 Å². The topological polar surface area (TPSA) is 75.2 Å². The van der Waals surface area contributed by atoms with Gasteiger partial charge in [0.15, 0.2) is 0 Å². The number of nitrogens with zero attached hydrogens (tertiary/aromatic N) is 3. The molecule has 0 radical (unpaired) electrons. The lowest BCUT2D eigenvalue weighted by atomic mass is 10.0. The largest absolute Gasteiger partial charge is 0.339 e. The summed E-state index contributed by atoms with van der Waals surface area (Å²) >= 11 is 0. The van der Waals surface area contributed by atoms with E-state index in [9.17, 15) is 8.42 Å². The van der Waals surface area contributed by atoms with Crippen molar-refractivity contribution >= 4 is 43.2 Å². The van der Waals surface area contributed by atoms with E-state index in [1.165, 1.54) is 0 Å². The Bertz CT molecular complexity index is 1680. The fourth-order valence-corrected chi connectivity index (χ4v) is 6.41. The van der Waals surface area contributed by atoms with Gasteiger partial charge in [0, 0.05) is 30.2 Å². The molecule has 0 saturated carbocycles. The molecule has 0 amide bonds. The summed E-state index contributed by atoms with van der Waals surface area (Å²) < 4.78 is 28.2. The van der Waals surface area contributed by atoms with Gasteiger partial charge in [0.2, 0.25) is 10.0 Å². The molecular formula is C29H26N4O2S. The number of rotatable bonds is 6. The molecule has 180 valence electrons. The summed E-state index contributed by atoms with van der Waals surface area (Å²) in [4.78, 5) is 9.07. The molecule has 3 heterocycles. The second kappa shape index (κ2) is 9.33. The molecule has 0 spiro atoms. The maximum Gasteiger partial charge on any atom is 0.214 e. The zero-order valence-corrected chi connectivity index (χ0v) is 20.6. The molecule has 6 nitrogen and oxygen atoms in total. The van der Waals surface area contributed by atoms with Gasteiger partial charge >= 0.3 is 0 Å². The first-order valence-electron chi connectivity index (χ1n) is 12.1. The molecule has 0 bridgehead atoms. The molecule has 0 fully saturated rings. The molecule has 0 atom stereocenters. The molecule has 3 aromatic carbocycles. The molecule has 0 unspecified atom stereocenters. The lowest BCUT2D eigenvalue weighted by Gasteiger charge is -2.29. The van der Waals surface area contributed by atoms with E-state index in [4.69, 9.17) is 0 Å². The smallest absolute Gasteiger partial charge is 0.214 e. The number of para-hydroxylation sites is 1. The Labute approximate surface area is 210 Å². The highest BCUT2D eigenvalue weighted by Crippen LogP contribution is 2.29. The van der Waals surface area contributed by atoms with E-state index in [1.807, 2.05) is 54.6 Å². The van der Waals surface area contributed by atoms with Gasteiger partial charge < -0.3 is 5.32 Å². The monoisotopic (exact) mass is 494 g/mol. The molecular weight excluding hydrogens is 468 g/mol. The Kier molecular flexibility index (Phi) is 5.87. The molecule has 0 aliphatic carbocycles. The van der Waals surface area contributed by atoms with Crippen LogP contribution in [-0.4, -0.2) is 35.0 Å². The van der Waals surface area contributed by atoms with E-state index < -0.39 is 10.0 Å². The van der Waals surface area contributed by atoms with Crippen LogP contribution >= 0.6 is 0 Å². The van der Waals surface area contributed by atoms with Crippen LogP contribution in [0.15, 0.2) is 91.3 Å². The van der Waals surface area contributed by atoms with Gasteiger partial charge in [-0.1, -0.05) is 60.7 Å². The molecule has 1 aliphatic rings. The fraction of sp³-hybridized carbons (Fsp3) is 0.172. The quantitative estimate of drug-likeness (QED) is 0.339. The third-order valence-electron chi connectivity index (χ3n) is 6.87. The first kappa shape index (κ1) is 22.6. The van der Waals surface area contributed by atoms with Crippen LogP contribution in [0.2, 0.25) is 0 Å². The van der Waals surface area contributed by atoms with Crippen molar-refractivity contribution in [2.24, 2.45) is 0 Å². The summed E-state index contributed by atoms with van der Waals surface area (Å²) in [5.74, 6) is 0.854. The number of aryl methyl sites for hydroxylation is 1. The van der Waals surface area contributed by atoms with E-state index in [1.54, 1.807) is 16.7 Å². The zero-order valence-electron chi connectivity index (χ0n) is 19.8. The second-order valence-electron chi connectivity index (χ2n) is 9.13. The first-order valence-corrected chi connectivity index (χ1v) is 13.7. The third-order valence-corrected chi connectivity index (χ3v) is 8.69. The van der Waals surface area contributed by atoms with Gasteiger partial charge in [-0.3, -0.25) is 4.98 Å². The number of aromatic nitrogens is 2. The Morgan fingerprint density at radius 3 is 2.61 bits per heavy atom. The minimum Gasteiger partial charge on any atom is -0.339 e. The third kappa shape index (κ3) is 4.43. The standard InChI is InChI=1S/C29H26N4O2S/c34-36(35,17-14-22-9-5-8-21-6-1-3-10-26(21)22)33-16-13-27-24(20-33)12-15-30-29(27)32-25-18-23-7-2-4-11-28(23)31-19-25/h1-12,15,18-19H,13-14,16-17,20H2,(H,30,32). The van der Waals surface area contributed by atoms with Gasteiger partial charge in [-0.25, -0.2) is 13.4 Å². The Hall–Kier alpha value is -3.81. The van der Waals surface area contributed by atoms with Crippen molar-refractivity contribution in [2.45, 2.75) is 19.4 Å². The summed E-state index contributed by atoms with van der Waals surface area (Å²) in [6.07, 6.45) is 4.64. The van der Waals surface area contributed by atoms with Crippen LogP contribution in [0.4, 0.5) is 11.5 Å². The van der Waals surface area contributed by atoms with Crippen molar-refractivity contribution in [1.82, 2.24) is 14.3 Å². The van der Waals surface area contributed by atoms with Crippen LogP contribution in [0, 0.1) is 0 Å². The van der Waals surface area contributed by atoms with Crippen LogP contribution in [0.5, 0.6) is 0 Å². The highest BCUT2D eigenvalue weighted by Gasteiger charge is 2.28. The van der Waals surface area contributed by atoms with Crippen LogP contribution in [-0.2, 0) is 29.4 Å². The maximum absolute atomic E-state index is 13.3. The minimum absolute atomic E-state index is 0.0926. The number of pyridine rings is 2. The number of fused-ring (bicyclic) bond motifs is 3. The molecule has 0 saturated heterocycles. The summed E-state index contributed by atoms with van der Waals surface area (Å²) in [6, 6.07) is 26.1. The van der Waals surface area contributed by atoms with E-state index in [0.29, 0.717) is 25.9 Å². The average Bonchev–Trinajstić information content (AvgIpc) is 2.92. The van der Waals surface area contributed by atoms with E-state index in [-0.39, 0.29) is 5.75 Å². The molecule has 5 aromatic rings. The number of benzene rings is 3. The molecule has 7 heteroatoms. The number of hydrogen-bond acceptors (Lipinski definition) is 5. The second-order valence-corrected chi connectivity index (χ2v) is 11.2. The first-order chi connectivity index (χ1) is 17.6. The van der Waals surface area contributed by atoms with Crippen LogP contribution in [0.25, 0.3) is 21.7 Å². The van der Waals surface area contributed by atoms with E-state index in [2.05, 4.69) is 39.6 Å². The summed E-state index contributed by atoms with van der Waals surface area (Å²) in [5, 5.41) is 6.70. The number of hydrogen-bond donors (Lipinski definition) is 1. The van der Waals surface area contributed by atoms with Gasteiger partial charge in [0.25, 0.3) is 0 Å². The highest BCUT2D eigenvalue weighted by molar-refractivity contribution is 7.89. The molecule has 1 aliphatic heterocycles. The van der Waals surface area contributed by atoms with Crippen molar-refractivity contribution in [1.29, 1.82) is 0 Å². The van der Waals surface area contributed by atoms with Gasteiger partial charge in [-0.2, -0.15) is 4.31 Å². The average molecular weight is 495 g/mol. The Morgan fingerprint density at radius 1 is 0.889 bits per heavy atom.